The van der Waals surface area contributed by atoms with E-state index in [2.05, 4.69) is 26.0 Å². The number of allylic oxidation sites excluding steroid dienone is 2. The first-order valence-corrected chi connectivity index (χ1v) is 8.75. The molecule has 3 heteroatoms. The summed E-state index contributed by atoms with van der Waals surface area (Å²) in [5, 5.41) is 9.02. The summed E-state index contributed by atoms with van der Waals surface area (Å²) in [6, 6.07) is 0. The molecule has 2 aliphatic rings. The third kappa shape index (κ3) is 4.80. The molecule has 2 aliphatic heterocycles. The fourth-order valence-electron chi connectivity index (χ4n) is 3.64. The maximum atomic E-state index is 9.02. The minimum Gasteiger partial charge on any atom is -0.396 e. The Kier molecular flexibility index (Phi) is 7.21. The molecule has 21 heavy (non-hydrogen) atoms. The number of aliphatic hydroxyl groups excluding tert-OH is 1. The maximum Gasteiger partial charge on any atom is 0.0633 e. The molecule has 0 aromatic heterocycles. The van der Waals surface area contributed by atoms with Gasteiger partial charge in [0.25, 0.3) is 0 Å². The van der Waals surface area contributed by atoms with Crippen LogP contribution in [0.4, 0.5) is 0 Å². The highest BCUT2D eigenvalue weighted by molar-refractivity contribution is 4.99. The molecule has 0 spiro atoms. The molecular formula is C18H32O3. The smallest absolute Gasteiger partial charge is 0.0633 e. The number of ether oxygens (including phenoxy) is 2. The van der Waals surface area contributed by atoms with E-state index in [1.165, 1.54) is 12.8 Å². The van der Waals surface area contributed by atoms with E-state index < -0.39 is 0 Å². The predicted octanol–water partition coefficient (Wildman–Crippen LogP) is 3.56. The van der Waals surface area contributed by atoms with Crippen LogP contribution in [0.25, 0.3) is 0 Å². The zero-order valence-electron chi connectivity index (χ0n) is 13.7. The van der Waals surface area contributed by atoms with Crippen LogP contribution in [0.5, 0.6) is 0 Å². The van der Waals surface area contributed by atoms with Gasteiger partial charge in [0.15, 0.2) is 0 Å². The lowest BCUT2D eigenvalue weighted by Gasteiger charge is -2.27. The molecule has 0 aromatic carbocycles. The van der Waals surface area contributed by atoms with Crippen LogP contribution in [0, 0.1) is 17.8 Å². The molecule has 2 bridgehead atoms. The topological polar surface area (TPSA) is 38.7 Å². The number of fused-ring (bicyclic) bond motifs is 2. The van der Waals surface area contributed by atoms with E-state index in [1.54, 1.807) is 0 Å². The highest BCUT2D eigenvalue weighted by Crippen LogP contribution is 2.45. The van der Waals surface area contributed by atoms with Crippen LogP contribution in [-0.4, -0.2) is 37.1 Å². The standard InChI is InChI=1S/C18H32O3/c1-3-11-20-13-16-15(17-9-10-18(16)21-17)8-6-4-5-7-14(2)12-19/h4,6,14-19H,3,5,7-13H2,1-2H3/t14-,15?,16+,17-,18+/m1/s1. The Morgan fingerprint density at radius 1 is 1.24 bits per heavy atom. The van der Waals surface area contributed by atoms with Crippen molar-refractivity contribution in [1.82, 2.24) is 0 Å². The first kappa shape index (κ1) is 17.0. The fraction of sp³-hybridized carbons (Fsp3) is 0.889. The van der Waals surface area contributed by atoms with Gasteiger partial charge in [0, 0.05) is 19.1 Å². The molecule has 2 heterocycles. The summed E-state index contributed by atoms with van der Waals surface area (Å²) in [7, 11) is 0. The second-order valence-electron chi connectivity index (χ2n) is 6.77. The molecule has 0 radical (unpaired) electrons. The lowest BCUT2D eigenvalue weighted by molar-refractivity contribution is 0.0495. The number of aliphatic hydroxyl groups is 1. The summed E-state index contributed by atoms with van der Waals surface area (Å²) in [6.07, 6.45) is 12.3. The average Bonchev–Trinajstić information content (AvgIpc) is 3.09. The summed E-state index contributed by atoms with van der Waals surface area (Å²) >= 11 is 0. The Morgan fingerprint density at radius 3 is 2.71 bits per heavy atom. The molecule has 0 saturated carbocycles. The molecule has 3 nitrogen and oxygen atoms in total. The molecule has 2 rings (SSSR count). The molecule has 1 N–H and O–H groups in total. The van der Waals surface area contributed by atoms with Gasteiger partial charge in [-0.1, -0.05) is 26.0 Å². The van der Waals surface area contributed by atoms with Crippen molar-refractivity contribution in [1.29, 1.82) is 0 Å². The largest absolute Gasteiger partial charge is 0.396 e. The van der Waals surface area contributed by atoms with E-state index >= 15 is 0 Å². The molecular weight excluding hydrogens is 264 g/mol. The summed E-state index contributed by atoms with van der Waals surface area (Å²) in [4.78, 5) is 0. The van der Waals surface area contributed by atoms with E-state index in [9.17, 15) is 0 Å². The van der Waals surface area contributed by atoms with Gasteiger partial charge in [-0.05, 0) is 50.4 Å². The van der Waals surface area contributed by atoms with Gasteiger partial charge in [-0.15, -0.1) is 0 Å². The Hall–Kier alpha value is -0.380. The van der Waals surface area contributed by atoms with Crippen molar-refractivity contribution < 1.29 is 14.6 Å². The van der Waals surface area contributed by atoms with Gasteiger partial charge < -0.3 is 14.6 Å². The third-order valence-electron chi connectivity index (χ3n) is 4.96. The fourth-order valence-corrected chi connectivity index (χ4v) is 3.64. The highest BCUT2D eigenvalue weighted by Gasteiger charge is 2.47. The van der Waals surface area contributed by atoms with Gasteiger partial charge in [0.1, 0.15) is 0 Å². The molecule has 5 atom stereocenters. The van der Waals surface area contributed by atoms with Crippen LogP contribution in [-0.2, 0) is 9.47 Å². The highest BCUT2D eigenvalue weighted by atomic mass is 16.5. The summed E-state index contributed by atoms with van der Waals surface area (Å²) in [5.41, 5.74) is 0. The zero-order valence-corrected chi connectivity index (χ0v) is 13.7. The minimum absolute atomic E-state index is 0.297. The van der Waals surface area contributed by atoms with Gasteiger partial charge >= 0.3 is 0 Å². The summed E-state index contributed by atoms with van der Waals surface area (Å²) in [5.74, 6) is 1.65. The summed E-state index contributed by atoms with van der Waals surface area (Å²) < 4.78 is 11.9. The van der Waals surface area contributed by atoms with Gasteiger partial charge in [-0.25, -0.2) is 0 Å². The Balaban J connectivity index is 1.73. The van der Waals surface area contributed by atoms with Crippen molar-refractivity contribution >= 4 is 0 Å². The predicted molar refractivity (Wildman–Crippen MR) is 85.2 cm³/mol. The minimum atomic E-state index is 0.297. The van der Waals surface area contributed by atoms with Crippen molar-refractivity contribution in [2.24, 2.45) is 17.8 Å². The van der Waals surface area contributed by atoms with Gasteiger partial charge in [0.2, 0.25) is 0 Å². The third-order valence-corrected chi connectivity index (χ3v) is 4.96. The van der Waals surface area contributed by atoms with E-state index in [4.69, 9.17) is 14.6 Å². The van der Waals surface area contributed by atoms with Crippen molar-refractivity contribution in [3.05, 3.63) is 12.2 Å². The van der Waals surface area contributed by atoms with Crippen molar-refractivity contribution in [3.8, 4) is 0 Å². The Bertz CT molecular complexity index is 316. The van der Waals surface area contributed by atoms with Crippen LogP contribution < -0.4 is 0 Å². The number of hydrogen-bond acceptors (Lipinski definition) is 3. The molecule has 0 aromatic rings. The Labute approximate surface area is 129 Å². The molecule has 0 aliphatic carbocycles. The van der Waals surface area contributed by atoms with Gasteiger partial charge in [-0.2, -0.15) is 0 Å². The quantitative estimate of drug-likeness (QED) is 0.495. The van der Waals surface area contributed by atoms with Crippen LogP contribution >= 0.6 is 0 Å². The average molecular weight is 296 g/mol. The van der Waals surface area contributed by atoms with Crippen LogP contribution in [0.15, 0.2) is 12.2 Å². The molecule has 122 valence electrons. The van der Waals surface area contributed by atoms with Crippen molar-refractivity contribution in [2.75, 3.05) is 19.8 Å². The SMILES string of the molecule is CCCOC[C@H]1C(CC=CCC[C@@H](C)CO)[C@H]2CC[C@@H]1O2. The number of rotatable bonds is 10. The van der Waals surface area contributed by atoms with Gasteiger partial charge in [-0.3, -0.25) is 0 Å². The second-order valence-corrected chi connectivity index (χ2v) is 6.77. The monoisotopic (exact) mass is 296 g/mol. The lowest BCUT2D eigenvalue weighted by atomic mass is 9.78. The first-order valence-electron chi connectivity index (χ1n) is 8.75. The van der Waals surface area contributed by atoms with Crippen LogP contribution in [0.1, 0.15) is 52.4 Å². The van der Waals surface area contributed by atoms with E-state index in [-0.39, 0.29) is 0 Å². The molecule has 2 fully saturated rings. The lowest BCUT2D eigenvalue weighted by Crippen LogP contribution is -2.30. The van der Waals surface area contributed by atoms with E-state index in [1.807, 2.05) is 0 Å². The molecule has 0 amide bonds. The van der Waals surface area contributed by atoms with Crippen LogP contribution in [0.3, 0.4) is 0 Å². The van der Waals surface area contributed by atoms with Crippen molar-refractivity contribution in [3.63, 3.8) is 0 Å². The van der Waals surface area contributed by atoms with E-state index in [0.717, 1.165) is 38.9 Å². The molecule has 1 unspecified atom stereocenters. The zero-order chi connectivity index (χ0) is 15.1. The van der Waals surface area contributed by atoms with Crippen molar-refractivity contribution in [2.45, 2.75) is 64.6 Å². The van der Waals surface area contributed by atoms with Crippen LogP contribution in [0.2, 0.25) is 0 Å². The second kappa shape index (κ2) is 8.92. The maximum absolute atomic E-state index is 9.02. The van der Waals surface area contributed by atoms with Gasteiger partial charge in [0.05, 0.1) is 18.8 Å². The summed E-state index contributed by atoms with van der Waals surface area (Å²) in [6.45, 7) is 6.29. The molecule has 2 saturated heterocycles. The normalized spacial score (nSPS) is 33.1. The van der Waals surface area contributed by atoms with E-state index in [0.29, 0.717) is 36.6 Å². The Morgan fingerprint density at radius 2 is 2.00 bits per heavy atom. The first-order chi connectivity index (χ1) is 10.3. The number of hydrogen-bond donors (Lipinski definition) is 1.